The largest absolute Gasteiger partial charge is 0.454 e. The van der Waals surface area contributed by atoms with Crippen molar-refractivity contribution in [2.45, 2.75) is 31.9 Å². The van der Waals surface area contributed by atoms with Crippen molar-refractivity contribution < 1.29 is 23.8 Å². The smallest absolute Gasteiger partial charge is 0.338 e. The van der Waals surface area contributed by atoms with E-state index in [4.69, 9.17) is 14.2 Å². The Morgan fingerprint density at radius 3 is 2.90 bits per heavy atom. The van der Waals surface area contributed by atoms with E-state index in [1.165, 1.54) is 0 Å². The summed E-state index contributed by atoms with van der Waals surface area (Å²) in [6.45, 7) is 1.93. The summed E-state index contributed by atoms with van der Waals surface area (Å²) in [5.41, 5.74) is 4.23. The lowest BCUT2D eigenvalue weighted by Crippen LogP contribution is -2.46. The van der Waals surface area contributed by atoms with Gasteiger partial charge in [0.05, 0.1) is 23.2 Å². The number of allylic oxidation sites excluding steroid dienone is 1. The Hall–Kier alpha value is -5.30. The Morgan fingerprint density at radius 2 is 2.02 bits per heavy atom. The molecule has 0 aliphatic carbocycles. The first-order chi connectivity index (χ1) is 19.5. The lowest BCUT2D eigenvalue weighted by Gasteiger charge is -2.30. The van der Waals surface area contributed by atoms with Crippen molar-refractivity contribution in [1.29, 1.82) is 5.26 Å². The molecule has 10 heteroatoms. The zero-order valence-electron chi connectivity index (χ0n) is 21.6. The summed E-state index contributed by atoms with van der Waals surface area (Å²) in [6.07, 6.45) is 3.68. The molecule has 0 fully saturated rings. The SMILES string of the molecule is CC(OC(=O)C1=C(CCc2ccc3c(c2)OCO3)NC(=O)NC1c1c[nH]c2ncccc12)c1cccc(C#N)c1. The van der Waals surface area contributed by atoms with E-state index in [1.54, 1.807) is 49.6 Å². The summed E-state index contributed by atoms with van der Waals surface area (Å²) >= 11 is 0. The number of aromatic nitrogens is 2. The maximum atomic E-state index is 13.9. The topological polar surface area (TPSA) is 138 Å². The first kappa shape index (κ1) is 25.0. The highest BCUT2D eigenvalue weighted by Gasteiger charge is 2.36. The first-order valence-corrected chi connectivity index (χ1v) is 12.8. The van der Waals surface area contributed by atoms with Crippen molar-refractivity contribution in [2.24, 2.45) is 0 Å². The fraction of sp³-hybridized carbons (Fsp3) is 0.200. The quantitative estimate of drug-likeness (QED) is 0.291. The molecule has 2 atom stereocenters. The summed E-state index contributed by atoms with van der Waals surface area (Å²) in [6, 6.07) is 17.2. The summed E-state index contributed by atoms with van der Waals surface area (Å²) in [5.74, 6) is 0.772. The van der Waals surface area contributed by atoms with Crippen molar-refractivity contribution in [3.05, 3.63) is 101 Å². The number of hydrogen-bond acceptors (Lipinski definition) is 7. The van der Waals surface area contributed by atoms with E-state index in [2.05, 4.69) is 26.7 Å². The van der Waals surface area contributed by atoms with Gasteiger partial charge in [-0.1, -0.05) is 18.2 Å². The van der Waals surface area contributed by atoms with Crippen LogP contribution in [0.5, 0.6) is 11.5 Å². The van der Waals surface area contributed by atoms with Crippen LogP contribution < -0.4 is 20.1 Å². The van der Waals surface area contributed by atoms with Crippen LogP contribution in [0.3, 0.4) is 0 Å². The molecule has 10 nitrogen and oxygen atoms in total. The molecule has 200 valence electrons. The fourth-order valence-electron chi connectivity index (χ4n) is 5.02. The van der Waals surface area contributed by atoms with E-state index in [9.17, 15) is 14.9 Å². The van der Waals surface area contributed by atoms with Gasteiger partial charge in [0.15, 0.2) is 11.5 Å². The summed E-state index contributed by atoms with van der Waals surface area (Å²) in [5, 5.41) is 15.8. The van der Waals surface area contributed by atoms with Crippen molar-refractivity contribution in [3.63, 3.8) is 0 Å². The Balaban J connectivity index is 1.36. The zero-order valence-corrected chi connectivity index (χ0v) is 21.6. The van der Waals surface area contributed by atoms with Gasteiger partial charge in [-0.15, -0.1) is 0 Å². The second kappa shape index (κ2) is 10.5. The van der Waals surface area contributed by atoms with Gasteiger partial charge in [-0.3, -0.25) is 0 Å². The molecule has 0 saturated carbocycles. The zero-order chi connectivity index (χ0) is 27.6. The number of aromatic amines is 1. The Labute approximate surface area is 229 Å². The minimum atomic E-state index is -0.774. The summed E-state index contributed by atoms with van der Waals surface area (Å²) < 4.78 is 16.8. The number of nitrogens with one attached hydrogen (secondary N) is 3. The number of hydrogen-bond donors (Lipinski definition) is 3. The molecule has 4 heterocycles. The highest BCUT2D eigenvalue weighted by Crippen LogP contribution is 2.36. The van der Waals surface area contributed by atoms with Gasteiger partial charge in [-0.05, 0) is 67.3 Å². The number of amides is 2. The van der Waals surface area contributed by atoms with Crippen LogP contribution in [0.15, 0.2) is 78.3 Å². The Kier molecular flexibility index (Phi) is 6.54. The molecule has 2 amide bonds. The van der Waals surface area contributed by atoms with E-state index >= 15 is 0 Å². The molecule has 2 aromatic carbocycles. The maximum absolute atomic E-state index is 13.9. The van der Waals surface area contributed by atoms with Crippen LogP contribution in [0.2, 0.25) is 0 Å². The van der Waals surface area contributed by atoms with Gasteiger partial charge in [0.2, 0.25) is 6.79 Å². The molecular weight excluding hydrogens is 510 g/mol. The molecule has 2 aliphatic heterocycles. The summed E-state index contributed by atoms with van der Waals surface area (Å²) in [4.78, 5) is 34.2. The number of aryl methyl sites for hydroxylation is 1. The molecular formula is C30H25N5O5. The predicted octanol–water partition coefficient (Wildman–Crippen LogP) is 4.71. The Morgan fingerprint density at radius 1 is 1.15 bits per heavy atom. The lowest BCUT2D eigenvalue weighted by molar-refractivity contribution is -0.144. The number of benzene rings is 2. The van der Waals surface area contributed by atoms with E-state index in [1.807, 2.05) is 24.3 Å². The third-order valence-electron chi connectivity index (χ3n) is 7.04. The normalized spacial score (nSPS) is 16.7. The van der Waals surface area contributed by atoms with Crippen LogP contribution in [-0.4, -0.2) is 28.8 Å². The minimum absolute atomic E-state index is 0.179. The number of urea groups is 1. The van der Waals surface area contributed by atoms with Crippen LogP contribution in [0, 0.1) is 11.3 Å². The number of fused-ring (bicyclic) bond motifs is 2. The standard InChI is InChI=1S/C30H25N5O5/c1-17(20-5-2-4-19(12-20)14-31)40-29(36)26-23(9-7-18-8-10-24-25(13-18)39-16-38-24)34-30(37)35-27(26)22-15-33-28-21(22)6-3-11-32-28/h2-6,8,10-13,15,17,27H,7,9,16H2,1H3,(H,32,33)(H2,34,35,37). The maximum Gasteiger partial charge on any atom is 0.338 e. The van der Waals surface area contributed by atoms with E-state index < -0.39 is 24.1 Å². The van der Waals surface area contributed by atoms with Gasteiger partial charge in [0.1, 0.15) is 11.8 Å². The molecule has 0 spiro atoms. The lowest BCUT2D eigenvalue weighted by atomic mass is 9.93. The fourth-order valence-corrected chi connectivity index (χ4v) is 5.02. The molecule has 0 saturated heterocycles. The number of nitriles is 1. The second-order valence-corrected chi connectivity index (χ2v) is 9.54. The molecule has 40 heavy (non-hydrogen) atoms. The van der Waals surface area contributed by atoms with Gasteiger partial charge < -0.3 is 29.8 Å². The number of carbonyl (C=O) groups is 2. The van der Waals surface area contributed by atoms with Gasteiger partial charge >= 0.3 is 12.0 Å². The molecule has 0 bridgehead atoms. The van der Waals surface area contributed by atoms with E-state index in [-0.39, 0.29) is 6.79 Å². The Bertz CT molecular complexity index is 1700. The number of esters is 1. The number of ether oxygens (including phenoxy) is 3. The van der Waals surface area contributed by atoms with Crippen molar-refractivity contribution in [3.8, 4) is 17.6 Å². The van der Waals surface area contributed by atoms with E-state index in [0.29, 0.717) is 57.9 Å². The van der Waals surface area contributed by atoms with Gasteiger partial charge in [0, 0.05) is 29.0 Å². The van der Waals surface area contributed by atoms with Crippen LogP contribution >= 0.6 is 0 Å². The second-order valence-electron chi connectivity index (χ2n) is 9.54. The number of H-pyrrole nitrogens is 1. The summed E-state index contributed by atoms with van der Waals surface area (Å²) in [7, 11) is 0. The molecule has 2 unspecified atom stereocenters. The van der Waals surface area contributed by atoms with Crippen molar-refractivity contribution >= 4 is 23.0 Å². The van der Waals surface area contributed by atoms with Gasteiger partial charge in [-0.25, -0.2) is 14.6 Å². The third kappa shape index (κ3) is 4.80. The van der Waals surface area contributed by atoms with Gasteiger partial charge in [-0.2, -0.15) is 5.26 Å². The average Bonchev–Trinajstić information content (AvgIpc) is 3.62. The van der Waals surface area contributed by atoms with Crippen molar-refractivity contribution in [2.75, 3.05) is 6.79 Å². The first-order valence-electron chi connectivity index (χ1n) is 12.8. The van der Waals surface area contributed by atoms with Gasteiger partial charge in [0.25, 0.3) is 0 Å². The van der Waals surface area contributed by atoms with Crippen LogP contribution in [0.25, 0.3) is 11.0 Å². The highest BCUT2D eigenvalue weighted by atomic mass is 16.7. The number of carbonyl (C=O) groups excluding carboxylic acids is 2. The highest BCUT2D eigenvalue weighted by molar-refractivity contribution is 5.97. The molecule has 2 aromatic heterocycles. The number of rotatable bonds is 7. The molecule has 3 N–H and O–H groups in total. The predicted molar refractivity (Wildman–Crippen MR) is 144 cm³/mol. The molecule has 6 rings (SSSR count). The van der Waals surface area contributed by atoms with Crippen LogP contribution in [0.4, 0.5) is 4.79 Å². The van der Waals surface area contributed by atoms with Crippen molar-refractivity contribution in [1.82, 2.24) is 20.6 Å². The third-order valence-corrected chi connectivity index (χ3v) is 7.04. The monoisotopic (exact) mass is 535 g/mol. The average molecular weight is 536 g/mol. The minimum Gasteiger partial charge on any atom is -0.454 e. The van der Waals surface area contributed by atoms with E-state index in [0.717, 1.165) is 10.9 Å². The van der Waals surface area contributed by atoms with Crippen LogP contribution in [0.1, 0.15) is 47.7 Å². The van der Waals surface area contributed by atoms with Crippen LogP contribution in [-0.2, 0) is 16.0 Å². The molecule has 0 radical (unpaired) electrons. The molecule has 2 aliphatic rings. The molecule has 4 aromatic rings. The number of pyridine rings is 1. The number of nitrogens with zero attached hydrogens (tertiary/aromatic N) is 2.